The molecular weight excluding hydrogens is 350 g/mol. The second-order valence-corrected chi connectivity index (χ2v) is 7.68. The fraction of sp³-hybridized carbons (Fsp3) is 0.526. The second kappa shape index (κ2) is 8.70. The SMILES string of the molecule is Cc1ccc(C(CNC(=O)N(C)Cc2sccc2C)N2CCOCC2)o1. The predicted molar refractivity (Wildman–Crippen MR) is 102 cm³/mol. The van der Waals surface area contributed by atoms with E-state index in [2.05, 4.69) is 28.6 Å². The first-order valence-corrected chi connectivity index (χ1v) is 9.82. The number of morpholine rings is 1. The van der Waals surface area contributed by atoms with Gasteiger partial charge < -0.3 is 19.4 Å². The molecule has 1 fully saturated rings. The molecule has 0 bridgehead atoms. The topological polar surface area (TPSA) is 58.0 Å². The third-order valence-corrected chi connectivity index (χ3v) is 5.73. The second-order valence-electron chi connectivity index (χ2n) is 6.68. The molecule has 0 aliphatic carbocycles. The van der Waals surface area contributed by atoms with Crippen molar-refractivity contribution in [3.63, 3.8) is 0 Å². The largest absolute Gasteiger partial charge is 0.465 e. The van der Waals surface area contributed by atoms with E-state index < -0.39 is 0 Å². The first kappa shape index (κ1) is 18.9. The van der Waals surface area contributed by atoms with Crippen LogP contribution in [0, 0.1) is 13.8 Å². The lowest BCUT2D eigenvalue weighted by molar-refractivity contribution is 0.0119. The monoisotopic (exact) mass is 377 g/mol. The number of nitrogens with one attached hydrogen (secondary N) is 1. The Balaban J connectivity index is 1.61. The van der Waals surface area contributed by atoms with E-state index in [0.717, 1.165) is 24.6 Å². The molecule has 1 N–H and O–H groups in total. The van der Waals surface area contributed by atoms with Gasteiger partial charge in [0.05, 0.1) is 25.8 Å². The lowest BCUT2D eigenvalue weighted by Gasteiger charge is -2.33. The maximum absolute atomic E-state index is 12.5. The molecule has 3 rings (SSSR count). The zero-order valence-corrected chi connectivity index (χ0v) is 16.5. The van der Waals surface area contributed by atoms with Crippen molar-refractivity contribution in [3.05, 3.63) is 45.5 Å². The van der Waals surface area contributed by atoms with Crippen molar-refractivity contribution in [1.82, 2.24) is 15.1 Å². The fourth-order valence-electron chi connectivity index (χ4n) is 3.10. The van der Waals surface area contributed by atoms with Gasteiger partial charge in [-0.3, -0.25) is 4.90 Å². The number of ether oxygens (including phenoxy) is 1. The summed E-state index contributed by atoms with van der Waals surface area (Å²) in [5, 5.41) is 5.13. The third kappa shape index (κ3) is 4.66. The number of hydrogen-bond donors (Lipinski definition) is 1. The maximum atomic E-state index is 12.5. The molecule has 0 saturated carbocycles. The Morgan fingerprint density at radius 2 is 2.08 bits per heavy atom. The van der Waals surface area contributed by atoms with Crippen molar-refractivity contribution in [3.8, 4) is 0 Å². The van der Waals surface area contributed by atoms with Crippen LogP contribution < -0.4 is 5.32 Å². The van der Waals surface area contributed by atoms with Gasteiger partial charge in [-0.1, -0.05) is 0 Å². The van der Waals surface area contributed by atoms with E-state index in [1.165, 1.54) is 10.4 Å². The van der Waals surface area contributed by atoms with Gasteiger partial charge in [0.25, 0.3) is 0 Å². The van der Waals surface area contributed by atoms with Crippen LogP contribution in [-0.2, 0) is 11.3 Å². The summed E-state index contributed by atoms with van der Waals surface area (Å²) in [4.78, 5) is 17.8. The average Bonchev–Trinajstić information content (AvgIpc) is 3.24. The van der Waals surface area contributed by atoms with Gasteiger partial charge in [0.15, 0.2) is 0 Å². The van der Waals surface area contributed by atoms with Crippen LogP contribution in [-0.4, -0.2) is 55.7 Å². The lowest BCUT2D eigenvalue weighted by Crippen LogP contribution is -2.45. The van der Waals surface area contributed by atoms with Crippen molar-refractivity contribution in [2.45, 2.75) is 26.4 Å². The van der Waals surface area contributed by atoms with Gasteiger partial charge in [-0.15, -0.1) is 11.3 Å². The molecule has 0 radical (unpaired) electrons. The summed E-state index contributed by atoms with van der Waals surface area (Å²) in [6.07, 6.45) is 0. The van der Waals surface area contributed by atoms with Crippen molar-refractivity contribution in [2.24, 2.45) is 0 Å². The van der Waals surface area contributed by atoms with Gasteiger partial charge in [0, 0.05) is 31.6 Å². The van der Waals surface area contributed by atoms with E-state index >= 15 is 0 Å². The molecule has 0 aromatic carbocycles. The molecule has 0 spiro atoms. The highest BCUT2D eigenvalue weighted by atomic mass is 32.1. The van der Waals surface area contributed by atoms with Crippen LogP contribution in [0.5, 0.6) is 0 Å². The highest BCUT2D eigenvalue weighted by Crippen LogP contribution is 2.23. The first-order chi connectivity index (χ1) is 12.5. The van der Waals surface area contributed by atoms with E-state index in [1.807, 2.05) is 26.1 Å². The lowest BCUT2D eigenvalue weighted by atomic mass is 10.1. The molecule has 2 aromatic rings. The molecule has 1 aliphatic heterocycles. The molecule has 1 unspecified atom stereocenters. The van der Waals surface area contributed by atoms with Gasteiger partial charge in [-0.2, -0.15) is 0 Å². The van der Waals surface area contributed by atoms with Crippen LogP contribution in [0.25, 0.3) is 0 Å². The van der Waals surface area contributed by atoms with Crippen LogP contribution in [0.1, 0.15) is 28.0 Å². The molecule has 2 amide bonds. The maximum Gasteiger partial charge on any atom is 0.317 e. The summed E-state index contributed by atoms with van der Waals surface area (Å²) in [7, 11) is 1.83. The van der Waals surface area contributed by atoms with Crippen molar-refractivity contribution >= 4 is 17.4 Å². The Labute approximate surface area is 158 Å². The van der Waals surface area contributed by atoms with Gasteiger partial charge >= 0.3 is 6.03 Å². The quantitative estimate of drug-likeness (QED) is 0.840. The van der Waals surface area contributed by atoms with Crippen LogP contribution in [0.4, 0.5) is 4.79 Å². The Morgan fingerprint density at radius 1 is 1.31 bits per heavy atom. The summed E-state index contributed by atoms with van der Waals surface area (Å²) in [5.41, 5.74) is 1.23. The van der Waals surface area contributed by atoms with Gasteiger partial charge in [-0.05, 0) is 43.0 Å². The minimum atomic E-state index is -0.0701. The molecule has 7 heteroatoms. The Morgan fingerprint density at radius 3 is 2.69 bits per heavy atom. The van der Waals surface area contributed by atoms with Gasteiger partial charge in [-0.25, -0.2) is 4.79 Å². The Bertz CT molecular complexity index is 721. The number of thiophene rings is 1. The number of rotatable bonds is 6. The van der Waals surface area contributed by atoms with E-state index in [0.29, 0.717) is 26.3 Å². The number of nitrogens with zero attached hydrogens (tertiary/aromatic N) is 2. The number of carbonyl (C=O) groups is 1. The zero-order chi connectivity index (χ0) is 18.5. The van der Waals surface area contributed by atoms with Crippen LogP contribution in [0.3, 0.4) is 0 Å². The molecule has 1 saturated heterocycles. The summed E-state index contributed by atoms with van der Waals surface area (Å²) in [6.45, 7) is 8.25. The van der Waals surface area contributed by atoms with E-state index in [-0.39, 0.29) is 12.1 Å². The average molecular weight is 378 g/mol. The minimum absolute atomic E-state index is 0.0217. The van der Waals surface area contributed by atoms with E-state index in [9.17, 15) is 4.79 Å². The van der Waals surface area contributed by atoms with E-state index in [1.54, 1.807) is 16.2 Å². The Kier molecular flexibility index (Phi) is 6.34. The number of carbonyl (C=O) groups excluding carboxylic acids is 1. The number of urea groups is 1. The van der Waals surface area contributed by atoms with Crippen molar-refractivity contribution in [1.29, 1.82) is 0 Å². The predicted octanol–water partition coefficient (Wildman–Crippen LogP) is 3.17. The van der Waals surface area contributed by atoms with Crippen LogP contribution in [0.15, 0.2) is 28.0 Å². The zero-order valence-electron chi connectivity index (χ0n) is 15.7. The van der Waals surface area contributed by atoms with Crippen LogP contribution in [0.2, 0.25) is 0 Å². The summed E-state index contributed by atoms with van der Waals surface area (Å²) in [5.74, 6) is 1.77. The molecule has 2 aromatic heterocycles. The molecular formula is C19H27N3O3S. The fourth-order valence-corrected chi connectivity index (χ4v) is 4.06. The highest BCUT2D eigenvalue weighted by molar-refractivity contribution is 7.10. The summed E-state index contributed by atoms with van der Waals surface area (Å²) >= 11 is 1.68. The third-order valence-electron chi connectivity index (χ3n) is 4.72. The minimum Gasteiger partial charge on any atom is -0.465 e. The molecule has 3 heterocycles. The van der Waals surface area contributed by atoms with Gasteiger partial charge in [0.1, 0.15) is 11.5 Å². The molecule has 6 nitrogen and oxygen atoms in total. The normalized spacial score (nSPS) is 16.4. The molecule has 142 valence electrons. The number of amides is 2. The van der Waals surface area contributed by atoms with Gasteiger partial charge in [0.2, 0.25) is 0 Å². The standard InChI is InChI=1S/C19H27N3O3S/c1-14-6-11-26-18(14)13-21(3)19(23)20-12-16(17-5-4-15(2)25-17)22-7-9-24-10-8-22/h4-6,11,16H,7-10,12-13H2,1-3H3,(H,20,23). The molecule has 26 heavy (non-hydrogen) atoms. The molecule has 1 atom stereocenters. The number of aryl methyl sites for hydroxylation is 2. The van der Waals surface area contributed by atoms with Crippen molar-refractivity contribution in [2.75, 3.05) is 39.9 Å². The summed E-state index contributed by atoms with van der Waals surface area (Å²) < 4.78 is 11.3. The van der Waals surface area contributed by atoms with Crippen LogP contribution >= 0.6 is 11.3 Å². The smallest absolute Gasteiger partial charge is 0.317 e. The summed E-state index contributed by atoms with van der Waals surface area (Å²) in [6, 6.07) is 6.00. The first-order valence-electron chi connectivity index (χ1n) is 8.94. The number of hydrogen-bond acceptors (Lipinski definition) is 5. The van der Waals surface area contributed by atoms with E-state index in [4.69, 9.17) is 9.15 Å². The highest BCUT2D eigenvalue weighted by Gasteiger charge is 2.26. The Hall–Kier alpha value is -1.83. The van der Waals surface area contributed by atoms with Crippen molar-refractivity contribution < 1.29 is 13.9 Å². The number of furan rings is 1. The molecule has 1 aliphatic rings.